The first-order valence-corrected chi connectivity index (χ1v) is 7.55. The lowest BCUT2D eigenvalue weighted by molar-refractivity contribution is -0.137. The minimum Gasteiger partial charge on any atom is -0.480 e. The minimum absolute atomic E-state index is 0.208. The molecule has 0 fully saturated rings. The van der Waals surface area contributed by atoms with Gasteiger partial charge in [0.05, 0.1) is 4.88 Å². The molecule has 0 aliphatic rings. The number of hydrogen-bond acceptors (Lipinski definition) is 3. The molecular weight excluding hydrogens is 286 g/mol. The van der Waals surface area contributed by atoms with Crippen LogP contribution in [0, 0.1) is 6.92 Å². The van der Waals surface area contributed by atoms with Crippen molar-refractivity contribution < 1.29 is 14.7 Å². The molecule has 0 bridgehead atoms. The van der Waals surface area contributed by atoms with Gasteiger partial charge in [-0.2, -0.15) is 0 Å². The van der Waals surface area contributed by atoms with Crippen LogP contribution in [0.25, 0.3) is 0 Å². The number of benzene rings is 1. The molecule has 5 heteroatoms. The third kappa shape index (κ3) is 4.16. The van der Waals surface area contributed by atoms with Gasteiger partial charge in [-0.3, -0.25) is 9.59 Å². The Bertz CT molecular complexity index is 621. The van der Waals surface area contributed by atoms with Crippen LogP contribution in [0.1, 0.15) is 20.8 Å². The molecule has 1 aromatic heterocycles. The molecule has 2 rings (SSSR count). The van der Waals surface area contributed by atoms with E-state index in [1.807, 2.05) is 48.7 Å². The smallest absolute Gasteiger partial charge is 0.323 e. The Morgan fingerprint density at radius 3 is 2.48 bits per heavy atom. The van der Waals surface area contributed by atoms with E-state index in [4.69, 9.17) is 5.11 Å². The summed E-state index contributed by atoms with van der Waals surface area (Å²) in [6.07, 6.45) is 0.643. The maximum Gasteiger partial charge on any atom is 0.323 e. The number of aryl methyl sites for hydroxylation is 1. The lowest BCUT2D eigenvalue weighted by atomic mass is 10.1. The molecule has 0 atom stereocenters. The zero-order valence-electron chi connectivity index (χ0n) is 11.8. The number of carbonyl (C=O) groups excluding carboxylic acids is 1. The standard InChI is InChI=1S/C16H17NO3S/c1-12-8-10-21-15(12)16(20)17(11-14(18)19)9-7-13-5-3-2-4-6-13/h2-6,8,10H,7,9,11H2,1H3,(H,18,19). The van der Waals surface area contributed by atoms with Crippen molar-refractivity contribution in [2.45, 2.75) is 13.3 Å². The van der Waals surface area contributed by atoms with E-state index in [0.717, 1.165) is 11.1 Å². The highest BCUT2D eigenvalue weighted by atomic mass is 32.1. The summed E-state index contributed by atoms with van der Waals surface area (Å²) in [5.74, 6) is -1.20. The van der Waals surface area contributed by atoms with E-state index < -0.39 is 5.97 Å². The van der Waals surface area contributed by atoms with E-state index in [-0.39, 0.29) is 12.5 Å². The lowest BCUT2D eigenvalue weighted by Crippen LogP contribution is -2.37. The zero-order valence-corrected chi connectivity index (χ0v) is 12.6. The van der Waals surface area contributed by atoms with Gasteiger partial charge in [-0.25, -0.2) is 0 Å². The van der Waals surface area contributed by atoms with Crippen LogP contribution in [0.3, 0.4) is 0 Å². The summed E-state index contributed by atoms with van der Waals surface area (Å²) in [4.78, 5) is 25.5. The van der Waals surface area contributed by atoms with Crippen molar-refractivity contribution in [2.75, 3.05) is 13.1 Å². The molecule has 0 aliphatic carbocycles. The maximum absolute atomic E-state index is 12.5. The summed E-state index contributed by atoms with van der Waals surface area (Å²) in [7, 11) is 0. The molecule has 0 saturated carbocycles. The molecule has 0 radical (unpaired) electrons. The van der Waals surface area contributed by atoms with Crippen molar-refractivity contribution in [3.63, 3.8) is 0 Å². The molecule has 2 aromatic rings. The molecule has 110 valence electrons. The number of thiophene rings is 1. The molecule has 0 aliphatic heterocycles. The summed E-state index contributed by atoms with van der Waals surface area (Å²) in [6.45, 7) is 1.98. The summed E-state index contributed by atoms with van der Waals surface area (Å²) >= 11 is 1.35. The normalized spacial score (nSPS) is 10.3. The molecule has 21 heavy (non-hydrogen) atoms. The molecular formula is C16H17NO3S. The van der Waals surface area contributed by atoms with Crippen LogP contribution in [0.5, 0.6) is 0 Å². The van der Waals surface area contributed by atoms with Crippen LogP contribution in [0.2, 0.25) is 0 Å². The van der Waals surface area contributed by atoms with Gasteiger partial charge >= 0.3 is 5.97 Å². The average Bonchev–Trinajstić information content (AvgIpc) is 2.89. The van der Waals surface area contributed by atoms with E-state index in [1.165, 1.54) is 16.2 Å². The van der Waals surface area contributed by atoms with Crippen LogP contribution in [-0.4, -0.2) is 35.0 Å². The van der Waals surface area contributed by atoms with Gasteiger partial charge in [-0.15, -0.1) is 11.3 Å². The first-order chi connectivity index (χ1) is 10.1. The fourth-order valence-corrected chi connectivity index (χ4v) is 2.95. The van der Waals surface area contributed by atoms with Crippen LogP contribution >= 0.6 is 11.3 Å². The Balaban J connectivity index is 2.09. The second-order valence-corrected chi connectivity index (χ2v) is 5.70. The number of carboxylic acids is 1. The van der Waals surface area contributed by atoms with Crippen LogP contribution < -0.4 is 0 Å². The van der Waals surface area contributed by atoms with Gasteiger partial charge in [-0.1, -0.05) is 30.3 Å². The lowest BCUT2D eigenvalue weighted by Gasteiger charge is -2.20. The van der Waals surface area contributed by atoms with E-state index in [0.29, 0.717) is 17.8 Å². The van der Waals surface area contributed by atoms with Crippen molar-refractivity contribution in [3.05, 3.63) is 57.8 Å². The van der Waals surface area contributed by atoms with Gasteiger partial charge in [0.25, 0.3) is 5.91 Å². The molecule has 0 spiro atoms. The van der Waals surface area contributed by atoms with Crippen LogP contribution in [0.15, 0.2) is 41.8 Å². The van der Waals surface area contributed by atoms with E-state index in [1.54, 1.807) is 0 Å². The Morgan fingerprint density at radius 2 is 1.90 bits per heavy atom. The van der Waals surface area contributed by atoms with Gasteiger partial charge in [0, 0.05) is 6.54 Å². The Labute approximate surface area is 127 Å². The fourth-order valence-electron chi connectivity index (χ4n) is 2.06. The van der Waals surface area contributed by atoms with Gasteiger partial charge in [0.2, 0.25) is 0 Å². The molecule has 1 amide bonds. The summed E-state index contributed by atoms with van der Waals surface area (Å²) < 4.78 is 0. The number of aliphatic carboxylic acids is 1. The molecule has 4 nitrogen and oxygen atoms in total. The molecule has 1 N–H and O–H groups in total. The first-order valence-electron chi connectivity index (χ1n) is 6.67. The number of carbonyl (C=O) groups is 2. The SMILES string of the molecule is Cc1ccsc1C(=O)N(CCc1ccccc1)CC(=O)O. The Morgan fingerprint density at radius 1 is 1.19 bits per heavy atom. The minimum atomic E-state index is -0.995. The van der Waals surface area contributed by atoms with Crippen molar-refractivity contribution in [2.24, 2.45) is 0 Å². The molecule has 1 heterocycles. The molecule has 1 aromatic carbocycles. The average molecular weight is 303 g/mol. The highest BCUT2D eigenvalue weighted by Gasteiger charge is 2.20. The fraction of sp³-hybridized carbons (Fsp3) is 0.250. The van der Waals surface area contributed by atoms with Gasteiger partial charge in [-0.05, 0) is 35.9 Å². The largest absolute Gasteiger partial charge is 0.480 e. The topological polar surface area (TPSA) is 57.6 Å². The molecule has 0 saturated heterocycles. The number of hydrogen-bond donors (Lipinski definition) is 1. The number of amides is 1. The second-order valence-electron chi connectivity index (χ2n) is 4.79. The van der Waals surface area contributed by atoms with Gasteiger partial charge in [0.1, 0.15) is 6.54 Å². The third-order valence-electron chi connectivity index (χ3n) is 3.18. The van der Waals surface area contributed by atoms with Crippen LogP contribution in [0.4, 0.5) is 0 Å². The van der Waals surface area contributed by atoms with Crippen LogP contribution in [-0.2, 0) is 11.2 Å². The van der Waals surface area contributed by atoms with E-state index >= 15 is 0 Å². The van der Waals surface area contributed by atoms with Crippen molar-refractivity contribution in [3.8, 4) is 0 Å². The van der Waals surface area contributed by atoms with E-state index in [2.05, 4.69) is 0 Å². The quantitative estimate of drug-likeness (QED) is 0.892. The first kappa shape index (κ1) is 15.3. The van der Waals surface area contributed by atoms with Crippen molar-refractivity contribution in [1.82, 2.24) is 4.90 Å². The summed E-state index contributed by atoms with van der Waals surface area (Å²) in [6, 6.07) is 11.6. The summed E-state index contributed by atoms with van der Waals surface area (Å²) in [5.41, 5.74) is 1.98. The monoisotopic (exact) mass is 303 g/mol. The number of carboxylic acid groups (broad SMARTS) is 1. The van der Waals surface area contributed by atoms with Gasteiger partial charge in [0.15, 0.2) is 0 Å². The third-order valence-corrected chi connectivity index (χ3v) is 4.19. The zero-order chi connectivity index (χ0) is 15.2. The highest BCUT2D eigenvalue weighted by molar-refractivity contribution is 7.12. The Hall–Kier alpha value is -2.14. The van der Waals surface area contributed by atoms with Gasteiger partial charge < -0.3 is 10.0 Å². The maximum atomic E-state index is 12.5. The van der Waals surface area contributed by atoms with Crippen molar-refractivity contribution in [1.29, 1.82) is 0 Å². The Kier molecular flexibility index (Phi) is 5.11. The number of rotatable bonds is 6. The van der Waals surface area contributed by atoms with Crippen molar-refractivity contribution >= 4 is 23.2 Å². The predicted molar refractivity (Wildman–Crippen MR) is 82.7 cm³/mol. The molecule has 0 unspecified atom stereocenters. The predicted octanol–water partition coefficient (Wildman–Crippen LogP) is 2.83. The second kappa shape index (κ2) is 7.04. The number of nitrogens with zero attached hydrogens (tertiary/aromatic N) is 1. The van der Waals surface area contributed by atoms with E-state index in [9.17, 15) is 9.59 Å². The summed E-state index contributed by atoms with van der Waals surface area (Å²) in [5, 5.41) is 10.9. The highest BCUT2D eigenvalue weighted by Crippen LogP contribution is 2.18.